The van der Waals surface area contributed by atoms with Crippen molar-refractivity contribution in [3.8, 4) is 5.75 Å². The number of aromatic nitrogens is 1. The summed E-state index contributed by atoms with van der Waals surface area (Å²) < 4.78 is 43.0. The van der Waals surface area contributed by atoms with Gasteiger partial charge < -0.3 is 15.4 Å². The molecule has 25 heavy (non-hydrogen) atoms. The summed E-state index contributed by atoms with van der Waals surface area (Å²) in [4.78, 5) is 7.53. The Hall–Kier alpha value is -2.00. The van der Waals surface area contributed by atoms with Gasteiger partial charge in [-0.3, -0.25) is 4.99 Å². The highest BCUT2D eigenvalue weighted by atomic mass is 35.5. The normalized spacial score (nSPS) is 12.1. The highest BCUT2D eigenvalue weighted by Crippen LogP contribution is 2.29. The van der Waals surface area contributed by atoms with Crippen molar-refractivity contribution in [2.45, 2.75) is 12.7 Å². The number of aliphatic imine (C=N–C) groups is 1. The first kappa shape index (κ1) is 19.3. The van der Waals surface area contributed by atoms with Crippen molar-refractivity contribution >= 4 is 28.9 Å². The maximum atomic E-state index is 12.5. The minimum Gasteiger partial charge on any atom is -0.492 e. The van der Waals surface area contributed by atoms with E-state index in [0.717, 1.165) is 16.7 Å². The van der Waals surface area contributed by atoms with E-state index in [9.17, 15) is 13.2 Å². The van der Waals surface area contributed by atoms with Crippen LogP contribution in [0.1, 0.15) is 10.7 Å². The number of ether oxygens (including phenoxy) is 1. The lowest BCUT2D eigenvalue weighted by Crippen LogP contribution is -2.38. The highest BCUT2D eigenvalue weighted by Gasteiger charge is 2.33. The van der Waals surface area contributed by atoms with Crippen LogP contribution in [0.5, 0.6) is 5.75 Å². The Bertz CT molecular complexity index is 704. The second-order valence-electron chi connectivity index (χ2n) is 4.78. The second kappa shape index (κ2) is 8.91. The van der Waals surface area contributed by atoms with Crippen LogP contribution in [0.4, 0.5) is 13.2 Å². The monoisotopic (exact) mass is 392 g/mol. The molecule has 0 unspecified atom stereocenters. The van der Waals surface area contributed by atoms with Crippen molar-refractivity contribution in [3.63, 3.8) is 0 Å². The molecule has 2 N–H and O–H groups in total. The molecule has 2 aromatic rings. The van der Waals surface area contributed by atoms with Gasteiger partial charge in [-0.15, -0.1) is 11.3 Å². The third-order valence-electron chi connectivity index (χ3n) is 2.95. The molecule has 136 valence electrons. The molecular formula is C15H16ClF3N4OS. The van der Waals surface area contributed by atoms with Crippen LogP contribution in [0.2, 0.25) is 5.02 Å². The molecule has 10 heteroatoms. The molecule has 0 fully saturated rings. The van der Waals surface area contributed by atoms with Crippen LogP contribution in [0.15, 0.2) is 34.6 Å². The lowest BCUT2D eigenvalue weighted by Gasteiger charge is -2.11. The number of guanidine groups is 1. The zero-order valence-electron chi connectivity index (χ0n) is 13.2. The summed E-state index contributed by atoms with van der Waals surface area (Å²) in [6, 6.07) is 6.98. The van der Waals surface area contributed by atoms with Crippen molar-refractivity contribution < 1.29 is 17.9 Å². The van der Waals surface area contributed by atoms with Crippen molar-refractivity contribution in [2.24, 2.45) is 4.99 Å². The predicted molar refractivity (Wildman–Crippen MR) is 92.3 cm³/mol. The molecule has 0 saturated carbocycles. The molecule has 5 nitrogen and oxygen atoms in total. The van der Waals surface area contributed by atoms with Crippen LogP contribution in [-0.2, 0) is 12.7 Å². The van der Waals surface area contributed by atoms with Gasteiger partial charge in [-0.2, -0.15) is 13.2 Å². The molecule has 1 aromatic heterocycles. The van der Waals surface area contributed by atoms with Gasteiger partial charge in [0.15, 0.2) is 11.7 Å². The van der Waals surface area contributed by atoms with Gasteiger partial charge in [0.1, 0.15) is 17.4 Å². The van der Waals surface area contributed by atoms with Crippen LogP contribution >= 0.6 is 22.9 Å². The molecule has 1 heterocycles. The number of nitrogens with one attached hydrogen (secondary N) is 2. The maximum absolute atomic E-state index is 12.5. The largest absolute Gasteiger partial charge is 0.492 e. The van der Waals surface area contributed by atoms with Gasteiger partial charge in [0.05, 0.1) is 13.1 Å². The number of alkyl halides is 3. The van der Waals surface area contributed by atoms with Crippen molar-refractivity contribution in [3.05, 3.63) is 45.4 Å². The number of hydrogen-bond donors (Lipinski definition) is 2. The molecule has 0 aliphatic heterocycles. The first-order valence-corrected chi connectivity index (χ1v) is 8.48. The average molecular weight is 393 g/mol. The Morgan fingerprint density at radius 2 is 2.00 bits per heavy atom. The van der Waals surface area contributed by atoms with Gasteiger partial charge in [-0.05, 0) is 24.3 Å². The highest BCUT2D eigenvalue weighted by molar-refractivity contribution is 7.09. The van der Waals surface area contributed by atoms with E-state index in [4.69, 9.17) is 16.3 Å². The first-order valence-electron chi connectivity index (χ1n) is 7.23. The minimum absolute atomic E-state index is 0.151. The van der Waals surface area contributed by atoms with E-state index >= 15 is 0 Å². The fourth-order valence-electron chi connectivity index (χ4n) is 1.77. The van der Waals surface area contributed by atoms with Crippen LogP contribution < -0.4 is 15.4 Å². The molecule has 0 bridgehead atoms. The summed E-state index contributed by atoms with van der Waals surface area (Å²) in [6.07, 6.45) is -4.42. The van der Waals surface area contributed by atoms with Gasteiger partial charge in [0.25, 0.3) is 0 Å². The Morgan fingerprint density at radius 1 is 1.28 bits per heavy atom. The number of benzene rings is 1. The van der Waals surface area contributed by atoms with E-state index in [1.165, 1.54) is 0 Å². The van der Waals surface area contributed by atoms with Gasteiger partial charge in [-0.1, -0.05) is 11.6 Å². The summed E-state index contributed by atoms with van der Waals surface area (Å²) in [5.74, 6) is 1.14. The van der Waals surface area contributed by atoms with E-state index < -0.39 is 11.9 Å². The Balaban J connectivity index is 1.72. The molecule has 1 aromatic carbocycles. The van der Waals surface area contributed by atoms with Crippen LogP contribution in [0.25, 0.3) is 0 Å². The summed E-state index contributed by atoms with van der Waals surface area (Å²) in [7, 11) is 1.57. The Kier molecular flexibility index (Phi) is 6.89. The molecule has 0 atom stereocenters. The van der Waals surface area contributed by atoms with E-state index in [-0.39, 0.29) is 6.54 Å². The van der Waals surface area contributed by atoms with Crippen molar-refractivity contribution in [1.82, 2.24) is 15.6 Å². The fourth-order valence-corrected chi connectivity index (χ4v) is 2.64. The maximum Gasteiger partial charge on any atom is 0.434 e. The molecule has 0 aliphatic rings. The van der Waals surface area contributed by atoms with E-state index in [0.29, 0.717) is 34.9 Å². The van der Waals surface area contributed by atoms with Gasteiger partial charge in [0.2, 0.25) is 0 Å². The number of nitrogens with zero attached hydrogens (tertiary/aromatic N) is 2. The fraction of sp³-hybridized carbons (Fsp3) is 0.333. The van der Waals surface area contributed by atoms with E-state index in [1.807, 2.05) is 0 Å². The van der Waals surface area contributed by atoms with E-state index in [1.54, 1.807) is 31.3 Å². The molecule has 0 aliphatic carbocycles. The summed E-state index contributed by atoms with van der Waals surface area (Å²) in [5, 5.41) is 7.85. The molecule has 0 amide bonds. The minimum atomic E-state index is -4.42. The van der Waals surface area contributed by atoms with Crippen LogP contribution in [-0.4, -0.2) is 31.1 Å². The second-order valence-corrected chi connectivity index (χ2v) is 6.16. The smallest absolute Gasteiger partial charge is 0.434 e. The van der Waals surface area contributed by atoms with E-state index in [2.05, 4.69) is 20.6 Å². The van der Waals surface area contributed by atoms with Gasteiger partial charge in [0, 0.05) is 17.5 Å². The molecule has 2 rings (SSSR count). The lowest BCUT2D eigenvalue weighted by atomic mass is 10.3. The van der Waals surface area contributed by atoms with Gasteiger partial charge in [-0.25, -0.2) is 4.98 Å². The molecule has 0 saturated heterocycles. The number of rotatable bonds is 6. The van der Waals surface area contributed by atoms with Crippen LogP contribution in [0, 0.1) is 0 Å². The third kappa shape index (κ3) is 6.43. The summed E-state index contributed by atoms with van der Waals surface area (Å²) in [5.41, 5.74) is -0.881. The van der Waals surface area contributed by atoms with Crippen molar-refractivity contribution in [2.75, 3.05) is 20.2 Å². The third-order valence-corrected chi connectivity index (χ3v) is 4.05. The van der Waals surface area contributed by atoms with Crippen LogP contribution in [0.3, 0.4) is 0 Å². The van der Waals surface area contributed by atoms with Crippen molar-refractivity contribution in [1.29, 1.82) is 0 Å². The first-order chi connectivity index (χ1) is 11.9. The molecular weight excluding hydrogens is 377 g/mol. The summed E-state index contributed by atoms with van der Waals surface area (Å²) in [6.45, 7) is 1.00. The quantitative estimate of drug-likeness (QED) is 0.448. The zero-order valence-corrected chi connectivity index (χ0v) is 14.8. The average Bonchev–Trinajstić information content (AvgIpc) is 3.05. The zero-order chi connectivity index (χ0) is 18.3. The number of hydrogen-bond acceptors (Lipinski definition) is 4. The predicted octanol–water partition coefficient (Wildman–Crippen LogP) is 3.56. The SMILES string of the molecule is CN=C(NCCOc1ccc(Cl)cc1)NCc1nc(C(F)(F)F)cs1. The number of thiazole rings is 1. The molecule has 0 radical (unpaired) electrons. The standard InChI is InChI=1S/C15H16ClF3N4OS/c1-20-14(21-6-7-24-11-4-2-10(16)3-5-11)22-8-13-23-12(9-25-13)15(17,18)19/h2-5,9H,6-8H2,1H3,(H2,20,21,22). The molecule has 0 spiro atoms. The Morgan fingerprint density at radius 3 is 2.60 bits per heavy atom. The van der Waals surface area contributed by atoms with Gasteiger partial charge >= 0.3 is 6.18 Å². The number of halogens is 4. The summed E-state index contributed by atoms with van der Waals surface area (Å²) >= 11 is 6.73. The topological polar surface area (TPSA) is 58.5 Å². The Labute approximate surface area is 151 Å². The lowest BCUT2D eigenvalue weighted by molar-refractivity contribution is -0.140.